The smallest absolute Gasteiger partial charge is 0.369 e. The summed E-state index contributed by atoms with van der Waals surface area (Å²) in [7, 11) is 0. The summed E-state index contributed by atoms with van der Waals surface area (Å²) in [5, 5.41) is 2.66. The molecule has 22 heavy (non-hydrogen) atoms. The molecule has 0 spiro atoms. The maximum Gasteiger partial charge on any atom is 0.397 e. The summed E-state index contributed by atoms with van der Waals surface area (Å²) in [6.45, 7) is 1.74. The summed E-state index contributed by atoms with van der Waals surface area (Å²) in [5.74, 6) is -1.84. The zero-order chi connectivity index (χ0) is 16.3. The lowest BCUT2D eigenvalue weighted by Gasteiger charge is -2.07. The molecule has 0 saturated heterocycles. The van der Waals surface area contributed by atoms with Crippen LogP contribution in [0.2, 0.25) is 0 Å². The molecule has 1 amide bonds. The second-order valence-corrected chi connectivity index (χ2v) is 4.46. The van der Waals surface area contributed by atoms with Gasteiger partial charge in [-0.2, -0.15) is 18.2 Å². The number of para-hydroxylation sites is 1. The van der Waals surface area contributed by atoms with Gasteiger partial charge in [0, 0.05) is 5.39 Å². The molecule has 1 aromatic heterocycles. The molecule has 0 fully saturated rings. The Hall–Kier alpha value is -2.71. The molecule has 0 aliphatic rings. The molecule has 0 aliphatic heterocycles. The van der Waals surface area contributed by atoms with Crippen molar-refractivity contribution in [1.29, 1.82) is 0 Å². The molecule has 3 N–H and O–H groups in total. The standard InChI is InChI=1S/C13H12F3N5O/c1-7-8-4-2-3-5-9(8)19-12(18-7)21-11(17)20-10(22)6-13(14,15)16/h2-5H,6H2,1H3,(H3,17,18,19,20,21,22). The van der Waals surface area contributed by atoms with E-state index in [4.69, 9.17) is 5.73 Å². The fourth-order valence-electron chi connectivity index (χ4n) is 1.77. The van der Waals surface area contributed by atoms with Crippen molar-refractivity contribution in [1.82, 2.24) is 15.3 Å². The Balaban J connectivity index is 2.20. The van der Waals surface area contributed by atoms with Gasteiger partial charge in [0.2, 0.25) is 11.9 Å². The predicted octanol–water partition coefficient (Wildman–Crippen LogP) is 1.95. The van der Waals surface area contributed by atoms with Gasteiger partial charge in [-0.15, -0.1) is 0 Å². The van der Waals surface area contributed by atoms with E-state index in [9.17, 15) is 18.0 Å². The van der Waals surface area contributed by atoms with Crippen molar-refractivity contribution >= 4 is 28.7 Å². The van der Waals surface area contributed by atoms with E-state index in [0.29, 0.717) is 11.2 Å². The molecule has 9 heteroatoms. The number of halogens is 3. The summed E-state index contributed by atoms with van der Waals surface area (Å²) in [6.07, 6.45) is -6.25. The second-order valence-electron chi connectivity index (χ2n) is 4.46. The van der Waals surface area contributed by atoms with Gasteiger partial charge in [-0.25, -0.2) is 9.97 Å². The highest BCUT2D eigenvalue weighted by atomic mass is 19.4. The molecule has 0 atom stereocenters. The van der Waals surface area contributed by atoms with Gasteiger partial charge in [-0.05, 0) is 13.0 Å². The van der Waals surface area contributed by atoms with Crippen LogP contribution < -0.4 is 11.1 Å². The zero-order valence-corrected chi connectivity index (χ0v) is 11.5. The van der Waals surface area contributed by atoms with Gasteiger partial charge < -0.3 is 5.73 Å². The van der Waals surface area contributed by atoms with Crippen LogP contribution in [0, 0.1) is 6.92 Å². The molecule has 2 rings (SSSR count). The third-order valence-corrected chi connectivity index (χ3v) is 2.63. The van der Waals surface area contributed by atoms with E-state index >= 15 is 0 Å². The number of hydrogen-bond acceptors (Lipinski definition) is 4. The molecule has 0 radical (unpaired) electrons. The predicted molar refractivity (Wildman–Crippen MR) is 74.4 cm³/mol. The number of guanidine groups is 1. The van der Waals surface area contributed by atoms with Gasteiger partial charge in [-0.3, -0.25) is 10.1 Å². The number of alkyl halides is 3. The highest BCUT2D eigenvalue weighted by Gasteiger charge is 2.31. The van der Waals surface area contributed by atoms with Crippen molar-refractivity contribution in [3.8, 4) is 0 Å². The van der Waals surface area contributed by atoms with Crippen molar-refractivity contribution in [2.75, 3.05) is 0 Å². The lowest BCUT2D eigenvalue weighted by molar-refractivity contribution is -0.152. The van der Waals surface area contributed by atoms with E-state index in [0.717, 1.165) is 5.39 Å². The quantitative estimate of drug-likeness (QED) is 0.655. The van der Waals surface area contributed by atoms with Crippen LogP contribution in [0.5, 0.6) is 0 Å². The maximum atomic E-state index is 12.0. The van der Waals surface area contributed by atoms with Gasteiger partial charge in [0.15, 0.2) is 0 Å². The summed E-state index contributed by atoms with van der Waals surface area (Å²) in [5.41, 5.74) is 6.64. The van der Waals surface area contributed by atoms with Crippen LogP contribution in [-0.4, -0.2) is 28.0 Å². The molecule has 6 nitrogen and oxygen atoms in total. The molecule has 1 heterocycles. The number of hydrogen-bond donors (Lipinski definition) is 2. The molecular formula is C13H12F3N5O. The monoisotopic (exact) mass is 311 g/mol. The lowest BCUT2D eigenvalue weighted by atomic mass is 10.2. The average Bonchev–Trinajstić information content (AvgIpc) is 2.35. The second kappa shape index (κ2) is 5.96. The number of nitrogens with two attached hydrogens (primary N) is 1. The molecule has 0 aliphatic carbocycles. The Bertz CT molecular complexity index is 742. The molecular weight excluding hydrogens is 299 g/mol. The van der Waals surface area contributed by atoms with Crippen molar-refractivity contribution in [2.24, 2.45) is 10.7 Å². The van der Waals surface area contributed by atoms with Crippen LogP contribution in [0.25, 0.3) is 10.9 Å². The number of amides is 1. The Morgan fingerprint density at radius 2 is 2.00 bits per heavy atom. The first-order chi connectivity index (χ1) is 10.2. The highest BCUT2D eigenvalue weighted by molar-refractivity contribution is 5.97. The number of benzene rings is 1. The minimum Gasteiger partial charge on any atom is -0.369 e. The Morgan fingerprint density at radius 3 is 2.68 bits per heavy atom. The summed E-state index contributed by atoms with van der Waals surface area (Å²) < 4.78 is 36.1. The first-order valence-electron chi connectivity index (χ1n) is 6.19. The van der Waals surface area contributed by atoms with Crippen molar-refractivity contribution in [3.63, 3.8) is 0 Å². The fraction of sp³-hybridized carbons (Fsp3) is 0.231. The van der Waals surface area contributed by atoms with Gasteiger partial charge >= 0.3 is 6.18 Å². The Labute approximate surface area is 123 Å². The maximum absolute atomic E-state index is 12.0. The number of aromatic nitrogens is 2. The van der Waals surface area contributed by atoms with Crippen LogP contribution in [0.15, 0.2) is 29.3 Å². The third kappa shape index (κ3) is 4.14. The molecule has 0 unspecified atom stereocenters. The summed E-state index contributed by atoms with van der Waals surface area (Å²) in [4.78, 5) is 23.0. The van der Waals surface area contributed by atoms with Gasteiger partial charge in [-0.1, -0.05) is 18.2 Å². The molecule has 116 valence electrons. The number of nitrogens with zero attached hydrogens (tertiary/aromatic N) is 3. The fourth-order valence-corrected chi connectivity index (χ4v) is 1.77. The van der Waals surface area contributed by atoms with E-state index in [1.54, 1.807) is 19.1 Å². The number of carbonyl (C=O) groups is 1. The summed E-state index contributed by atoms with van der Waals surface area (Å²) >= 11 is 0. The largest absolute Gasteiger partial charge is 0.397 e. The normalized spacial score (nSPS) is 12.5. The SMILES string of the molecule is Cc1nc(N=C(N)NC(=O)CC(F)(F)F)nc2ccccc12. The first-order valence-corrected chi connectivity index (χ1v) is 6.19. The number of carbonyl (C=O) groups excluding carboxylic acids is 1. The van der Waals surface area contributed by atoms with Gasteiger partial charge in [0.1, 0.15) is 6.42 Å². The van der Waals surface area contributed by atoms with Crippen molar-refractivity contribution in [2.45, 2.75) is 19.5 Å². The van der Waals surface area contributed by atoms with E-state index in [1.165, 1.54) is 0 Å². The Morgan fingerprint density at radius 1 is 1.32 bits per heavy atom. The lowest BCUT2D eigenvalue weighted by Crippen LogP contribution is -2.38. The number of aliphatic imine (C=N–C) groups is 1. The average molecular weight is 311 g/mol. The van der Waals surface area contributed by atoms with Crippen molar-refractivity contribution < 1.29 is 18.0 Å². The van der Waals surface area contributed by atoms with Crippen LogP contribution in [0.4, 0.5) is 19.1 Å². The van der Waals surface area contributed by atoms with E-state index in [1.807, 2.05) is 17.4 Å². The number of aryl methyl sites for hydroxylation is 1. The Kier molecular flexibility index (Phi) is 4.25. The topological polar surface area (TPSA) is 93.3 Å². The molecule has 1 aromatic carbocycles. The van der Waals surface area contributed by atoms with Crippen LogP contribution in [0.3, 0.4) is 0 Å². The van der Waals surface area contributed by atoms with Gasteiger partial charge in [0.25, 0.3) is 5.95 Å². The van der Waals surface area contributed by atoms with E-state index < -0.39 is 24.5 Å². The third-order valence-electron chi connectivity index (χ3n) is 2.63. The number of nitrogens with one attached hydrogen (secondary N) is 1. The molecule has 0 saturated carbocycles. The zero-order valence-electron chi connectivity index (χ0n) is 11.5. The van der Waals surface area contributed by atoms with Gasteiger partial charge in [0.05, 0.1) is 11.2 Å². The van der Waals surface area contributed by atoms with Crippen LogP contribution >= 0.6 is 0 Å². The van der Waals surface area contributed by atoms with E-state index in [2.05, 4.69) is 15.0 Å². The summed E-state index contributed by atoms with van der Waals surface area (Å²) in [6, 6.07) is 7.16. The number of fused-ring (bicyclic) bond motifs is 1. The first kappa shape index (κ1) is 15.7. The van der Waals surface area contributed by atoms with E-state index in [-0.39, 0.29) is 5.95 Å². The minimum atomic E-state index is -4.61. The van der Waals surface area contributed by atoms with Crippen LogP contribution in [-0.2, 0) is 4.79 Å². The molecule has 0 bridgehead atoms. The number of rotatable bonds is 2. The highest BCUT2D eigenvalue weighted by Crippen LogP contribution is 2.19. The minimum absolute atomic E-state index is 0.0407. The van der Waals surface area contributed by atoms with Crippen LogP contribution in [0.1, 0.15) is 12.1 Å². The van der Waals surface area contributed by atoms with Crippen molar-refractivity contribution in [3.05, 3.63) is 30.0 Å². The molecule has 2 aromatic rings.